The molecular formula is C14H25ClO5. The molecule has 0 radical (unpaired) electrons. The molecule has 0 bridgehead atoms. The molecule has 1 heterocycles. The van der Waals surface area contributed by atoms with Crippen molar-refractivity contribution in [2.45, 2.75) is 57.9 Å². The minimum atomic E-state index is -0.646. The van der Waals surface area contributed by atoms with E-state index in [1.165, 1.54) is 12.8 Å². The van der Waals surface area contributed by atoms with E-state index in [0.29, 0.717) is 6.42 Å². The first-order chi connectivity index (χ1) is 9.60. The predicted octanol–water partition coefficient (Wildman–Crippen LogP) is 3.03. The predicted molar refractivity (Wildman–Crippen MR) is 76.6 cm³/mol. The smallest absolute Gasteiger partial charge is 0.318 e. The molecule has 1 unspecified atom stereocenters. The van der Waals surface area contributed by atoms with Gasteiger partial charge in [-0.05, 0) is 32.6 Å². The number of halogens is 1. The van der Waals surface area contributed by atoms with Gasteiger partial charge in [0.05, 0.1) is 6.61 Å². The molecule has 0 aliphatic carbocycles. The summed E-state index contributed by atoms with van der Waals surface area (Å²) >= 11 is 5.72. The van der Waals surface area contributed by atoms with Crippen LogP contribution in [0.1, 0.15) is 52.4 Å². The number of hydrogen-bond donors (Lipinski definition) is 0. The zero-order chi connectivity index (χ0) is 15.2. The Kier molecular flexibility index (Phi) is 12.7. The van der Waals surface area contributed by atoms with Crippen molar-refractivity contribution in [1.29, 1.82) is 0 Å². The molecule has 20 heavy (non-hydrogen) atoms. The van der Waals surface area contributed by atoms with Crippen molar-refractivity contribution >= 4 is 23.5 Å². The van der Waals surface area contributed by atoms with Gasteiger partial charge in [0.15, 0.2) is 5.56 Å². The van der Waals surface area contributed by atoms with E-state index in [0.717, 1.165) is 26.1 Å². The summed E-state index contributed by atoms with van der Waals surface area (Å²) in [5.74, 6) is -1.22. The van der Waals surface area contributed by atoms with E-state index in [9.17, 15) is 9.59 Å². The lowest BCUT2D eigenvalue weighted by molar-refractivity contribution is -0.155. The Labute approximate surface area is 125 Å². The normalized spacial score (nSPS) is 14.9. The standard InChI is InChI=1S/C10H17ClO4.C4H8O/c1-3-5-6-8(11)15-10(13)7-9(12)14-4-2;1-2-4-5-3-1/h8H,3-7H2,1-2H3;1-4H2. The van der Waals surface area contributed by atoms with Crippen LogP contribution < -0.4 is 0 Å². The van der Waals surface area contributed by atoms with E-state index >= 15 is 0 Å². The van der Waals surface area contributed by atoms with E-state index in [1.54, 1.807) is 6.92 Å². The summed E-state index contributed by atoms with van der Waals surface area (Å²) in [4.78, 5) is 22.0. The van der Waals surface area contributed by atoms with E-state index in [2.05, 4.69) is 4.74 Å². The first-order valence-electron chi connectivity index (χ1n) is 7.17. The number of hydrogen-bond acceptors (Lipinski definition) is 5. The number of alkyl halides is 1. The third-order valence-corrected chi connectivity index (χ3v) is 2.77. The van der Waals surface area contributed by atoms with Crippen molar-refractivity contribution < 1.29 is 23.8 Å². The van der Waals surface area contributed by atoms with E-state index in [4.69, 9.17) is 21.1 Å². The molecule has 0 spiro atoms. The molecule has 118 valence electrons. The van der Waals surface area contributed by atoms with E-state index in [-0.39, 0.29) is 13.0 Å². The minimum Gasteiger partial charge on any atom is -0.466 e. The van der Waals surface area contributed by atoms with Crippen molar-refractivity contribution in [1.82, 2.24) is 0 Å². The molecule has 1 aliphatic heterocycles. The third kappa shape index (κ3) is 12.2. The zero-order valence-electron chi connectivity index (χ0n) is 12.4. The van der Waals surface area contributed by atoms with Gasteiger partial charge in [-0.25, -0.2) is 0 Å². The Morgan fingerprint density at radius 3 is 2.30 bits per heavy atom. The van der Waals surface area contributed by atoms with Crippen LogP contribution in [-0.4, -0.2) is 37.3 Å². The van der Waals surface area contributed by atoms with Gasteiger partial charge in [0.25, 0.3) is 0 Å². The van der Waals surface area contributed by atoms with Gasteiger partial charge in [0.1, 0.15) is 6.42 Å². The highest BCUT2D eigenvalue weighted by Crippen LogP contribution is 2.10. The molecule has 0 amide bonds. The second kappa shape index (κ2) is 13.2. The first kappa shape index (κ1) is 19.2. The first-order valence-corrected chi connectivity index (χ1v) is 7.60. The average Bonchev–Trinajstić information content (AvgIpc) is 2.95. The Bertz CT molecular complexity index is 259. The number of unbranched alkanes of at least 4 members (excludes halogenated alkanes) is 1. The molecule has 0 aromatic heterocycles. The minimum absolute atomic E-state index is 0.256. The van der Waals surface area contributed by atoms with Gasteiger partial charge < -0.3 is 14.2 Å². The van der Waals surface area contributed by atoms with Crippen LogP contribution >= 0.6 is 11.6 Å². The van der Waals surface area contributed by atoms with Crippen LogP contribution in [0.2, 0.25) is 0 Å². The topological polar surface area (TPSA) is 61.8 Å². The maximum atomic E-state index is 11.1. The quantitative estimate of drug-likeness (QED) is 0.411. The zero-order valence-corrected chi connectivity index (χ0v) is 13.1. The van der Waals surface area contributed by atoms with Gasteiger partial charge in [0, 0.05) is 13.2 Å². The molecule has 1 saturated heterocycles. The van der Waals surface area contributed by atoms with Crippen molar-refractivity contribution in [3.05, 3.63) is 0 Å². The van der Waals surface area contributed by atoms with Crippen molar-refractivity contribution in [2.75, 3.05) is 19.8 Å². The largest absolute Gasteiger partial charge is 0.466 e. The van der Waals surface area contributed by atoms with Crippen LogP contribution in [0.5, 0.6) is 0 Å². The van der Waals surface area contributed by atoms with Gasteiger partial charge in [-0.1, -0.05) is 24.9 Å². The van der Waals surface area contributed by atoms with Crippen molar-refractivity contribution in [2.24, 2.45) is 0 Å². The fraction of sp³-hybridized carbons (Fsp3) is 0.857. The molecule has 1 aliphatic rings. The molecular weight excluding hydrogens is 284 g/mol. The average molecular weight is 309 g/mol. The van der Waals surface area contributed by atoms with Crippen molar-refractivity contribution in [3.63, 3.8) is 0 Å². The summed E-state index contributed by atoms with van der Waals surface area (Å²) in [5.41, 5.74) is -0.646. The molecule has 0 saturated carbocycles. The third-order valence-electron chi connectivity index (χ3n) is 2.47. The van der Waals surface area contributed by atoms with Crippen LogP contribution in [0.4, 0.5) is 0 Å². The highest BCUT2D eigenvalue weighted by molar-refractivity contribution is 6.20. The van der Waals surface area contributed by atoms with Crippen LogP contribution in [0.3, 0.4) is 0 Å². The summed E-state index contributed by atoms with van der Waals surface area (Å²) in [6, 6.07) is 0. The second-order valence-electron chi connectivity index (χ2n) is 4.34. The van der Waals surface area contributed by atoms with Crippen LogP contribution in [0.25, 0.3) is 0 Å². The Morgan fingerprint density at radius 2 is 1.85 bits per heavy atom. The summed E-state index contributed by atoms with van der Waals surface area (Å²) in [5, 5.41) is 0. The van der Waals surface area contributed by atoms with E-state index in [1.807, 2.05) is 6.92 Å². The Hall–Kier alpha value is -0.810. The lowest BCUT2D eigenvalue weighted by Crippen LogP contribution is -2.17. The Morgan fingerprint density at radius 1 is 1.20 bits per heavy atom. The van der Waals surface area contributed by atoms with Gasteiger partial charge in [-0.3, -0.25) is 9.59 Å². The molecule has 6 heteroatoms. The van der Waals surface area contributed by atoms with Gasteiger partial charge >= 0.3 is 11.9 Å². The maximum absolute atomic E-state index is 11.1. The summed E-state index contributed by atoms with van der Waals surface area (Å²) in [7, 11) is 0. The van der Waals surface area contributed by atoms with Crippen LogP contribution in [0.15, 0.2) is 0 Å². The molecule has 1 fully saturated rings. The highest BCUT2D eigenvalue weighted by Gasteiger charge is 2.15. The van der Waals surface area contributed by atoms with Gasteiger partial charge in [0.2, 0.25) is 0 Å². The molecule has 5 nitrogen and oxygen atoms in total. The van der Waals surface area contributed by atoms with Gasteiger partial charge in [-0.15, -0.1) is 0 Å². The number of rotatable bonds is 7. The number of carbonyl (C=O) groups excluding carboxylic acids is 2. The van der Waals surface area contributed by atoms with Gasteiger partial charge in [-0.2, -0.15) is 0 Å². The summed E-state index contributed by atoms with van der Waals surface area (Å²) in [6.45, 7) is 5.95. The fourth-order valence-corrected chi connectivity index (χ4v) is 1.70. The molecule has 1 atom stereocenters. The Balaban J connectivity index is 0.000000595. The SMILES string of the molecule is C1CCOC1.CCCCC(Cl)OC(=O)CC(=O)OCC. The summed E-state index contributed by atoms with van der Waals surface area (Å²) in [6.07, 6.45) is 4.66. The van der Waals surface area contributed by atoms with E-state index < -0.39 is 17.5 Å². The lowest BCUT2D eigenvalue weighted by atomic mass is 10.3. The number of carbonyl (C=O) groups is 2. The van der Waals surface area contributed by atoms with Crippen molar-refractivity contribution in [3.8, 4) is 0 Å². The molecule has 1 rings (SSSR count). The monoisotopic (exact) mass is 308 g/mol. The summed E-state index contributed by atoms with van der Waals surface area (Å²) < 4.78 is 14.3. The second-order valence-corrected chi connectivity index (χ2v) is 4.83. The number of esters is 2. The fourth-order valence-electron chi connectivity index (χ4n) is 1.45. The molecule has 0 aromatic rings. The maximum Gasteiger partial charge on any atom is 0.318 e. The molecule has 0 aromatic carbocycles. The highest BCUT2D eigenvalue weighted by atomic mass is 35.5. The van der Waals surface area contributed by atoms with Crippen LogP contribution in [0, 0.1) is 0 Å². The van der Waals surface area contributed by atoms with Crippen LogP contribution in [-0.2, 0) is 23.8 Å². The number of ether oxygens (including phenoxy) is 3. The molecule has 0 N–H and O–H groups in total. The lowest BCUT2D eigenvalue weighted by Gasteiger charge is -2.10.